The van der Waals surface area contributed by atoms with Crippen LogP contribution in [-0.4, -0.2) is 44.7 Å². The number of carbonyl (C=O) groups excluding carboxylic acids is 1. The largest absolute Gasteiger partial charge is 0.508 e. The molecule has 24 heavy (non-hydrogen) atoms. The Labute approximate surface area is 141 Å². The standard InChI is InChI=1S/C18H24O6/c1-11-5-4-8-15(21)14(20)7-3-2-6-12-9-13(19)10-16(22)17(12)18(23)24-11/h2,6,9-11,14-15,19-22H,3-5,7-8H2,1H3/b6-2-/t11-,14-,15-/m0/s1. The van der Waals surface area contributed by atoms with Crippen molar-refractivity contribution in [1.82, 2.24) is 0 Å². The van der Waals surface area contributed by atoms with Crippen molar-refractivity contribution >= 4 is 12.0 Å². The van der Waals surface area contributed by atoms with Crippen LogP contribution >= 0.6 is 0 Å². The molecule has 1 heterocycles. The highest BCUT2D eigenvalue weighted by Crippen LogP contribution is 2.30. The zero-order valence-corrected chi connectivity index (χ0v) is 13.7. The highest BCUT2D eigenvalue weighted by molar-refractivity contribution is 5.97. The van der Waals surface area contributed by atoms with Crippen LogP contribution in [-0.2, 0) is 4.74 Å². The molecule has 0 radical (unpaired) electrons. The van der Waals surface area contributed by atoms with Gasteiger partial charge in [-0.2, -0.15) is 0 Å². The molecule has 4 N–H and O–H groups in total. The molecular formula is C18H24O6. The number of ether oxygens (including phenoxy) is 1. The number of esters is 1. The summed E-state index contributed by atoms with van der Waals surface area (Å²) < 4.78 is 5.35. The fraction of sp³-hybridized carbons (Fsp3) is 0.500. The van der Waals surface area contributed by atoms with E-state index in [-0.39, 0.29) is 17.1 Å². The molecule has 6 heteroatoms. The summed E-state index contributed by atoms with van der Waals surface area (Å²) in [5.74, 6) is -1.15. The van der Waals surface area contributed by atoms with Gasteiger partial charge in [0.1, 0.15) is 17.1 Å². The second-order valence-corrected chi connectivity index (χ2v) is 6.19. The van der Waals surface area contributed by atoms with E-state index >= 15 is 0 Å². The van der Waals surface area contributed by atoms with Crippen LogP contribution in [0.3, 0.4) is 0 Å². The van der Waals surface area contributed by atoms with Crippen LogP contribution in [0.5, 0.6) is 11.5 Å². The average molecular weight is 336 g/mol. The molecular weight excluding hydrogens is 312 g/mol. The molecule has 1 aliphatic heterocycles. The van der Waals surface area contributed by atoms with E-state index in [1.807, 2.05) is 0 Å². The van der Waals surface area contributed by atoms with Crippen molar-refractivity contribution in [2.75, 3.05) is 0 Å². The van der Waals surface area contributed by atoms with Crippen LogP contribution in [0.1, 0.15) is 54.9 Å². The number of aliphatic hydroxyl groups excluding tert-OH is 2. The van der Waals surface area contributed by atoms with Crippen LogP contribution in [0.2, 0.25) is 0 Å². The molecule has 0 saturated carbocycles. The SMILES string of the molecule is C[C@H]1CCC[C@H](O)[C@@H](O)CC/C=C\c2cc(O)cc(O)c2C(=O)O1. The molecule has 1 aromatic rings. The summed E-state index contributed by atoms with van der Waals surface area (Å²) >= 11 is 0. The lowest BCUT2D eigenvalue weighted by atomic mass is 10.00. The summed E-state index contributed by atoms with van der Waals surface area (Å²) in [7, 11) is 0. The Morgan fingerprint density at radius 3 is 2.54 bits per heavy atom. The maximum absolute atomic E-state index is 12.3. The Bertz CT molecular complexity index is 610. The van der Waals surface area contributed by atoms with Gasteiger partial charge in [-0.15, -0.1) is 0 Å². The number of hydrogen-bond acceptors (Lipinski definition) is 6. The van der Waals surface area contributed by atoms with Gasteiger partial charge in [0.15, 0.2) is 0 Å². The Balaban J connectivity index is 2.32. The third-order valence-corrected chi connectivity index (χ3v) is 4.13. The number of allylic oxidation sites excluding steroid dienone is 1. The van der Waals surface area contributed by atoms with E-state index in [1.165, 1.54) is 6.07 Å². The van der Waals surface area contributed by atoms with Crippen LogP contribution in [0, 0.1) is 0 Å². The summed E-state index contributed by atoms with van der Waals surface area (Å²) in [6.07, 6.45) is 3.75. The maximum atomic E-state index is 12.3. The number of fused-ring (bicyclic) bond motifs is 1. The van der Waals surface area contributed by atoms with Crippen molar-refractivity contribution in [3.8, 4) is 11.5 Å². The quantitative estimate of drug-likeness (QED) is 0.542. The summed E-state index contributed by atoms with van der Waals surface area (Å²) in [5, 5.41) is 39.5. The first-order valence-corrected chi connectivity index (χ1v) is 8.18. The predicted octanol–water partition coefficient (Wildman–Crippen LogP) is 2.34. The Hall–Kier alpha value is -2.05. The van der Waals surface area contributed by atoms with Crippen molar-refractivity contribution in [1.29, 1.82) is 0 Å². The van der Waals surface area contributed by atoms with E-state index < -0.39 is 24.3 Å². The topological polar surface area (TPSA) is 107 Å². The van der Waals surface area contributed by atoms with E-state index in [9.17, 15) is 25.2 Å². The predicted molar refractivity (Wildman–Crippen MR) is 88.8 cm³/mol. The summed E-state index contributed by atoms with van der Waals surface area (Å²) in [5.41, 5.74) is 0.352. The van der Waals surface area contributed by atoms with Crippen molar-refractivity contribution in [2.24, 2.45) is 0 Å². The first kappa shape index (κ1) is 18.3. The van der Waals surface area contributed by atoms with E-state index in [0.29, 0.717) is 37.7 Å². The Kier molecular flexibility index (Phi) is 6.23. The minimum Gasteiger partial charge on any atom is -0.508 e. The Morgan fingerprint density at radius 1 is 1.08 bits per heavy atom. The number of cyclic esters (lactones) is 1. The van der Waals surface area contributed by atoms with Crippen LogP contribution in [0.25, 0.3) is 6.08 Å². The van der Waals surface area contributed by atoms with E-state index in [2.05, 4.69) is 0 Å². The fourth-order valence-electron chi connectivity index (χ4n) is 2.76. The van der Waals surface area contributed by atoms with Gasteiger partial charge in [0.05, 0.1) is 18.3 Å². The molecule has 0 saturated heterocycles. The van der Waals surface area contributed by atoms with Gasteiger partial charge in [-0.3, -0.25) is 0 Å². The first-order valence-electron chi connectivity index (χ1n) is 8.18. The third-order valence-electron chi connectivity index (χ3n) is 4.13. The van der Waals surface area contributed by atoms with Gasteiger partial charge in [-0.1, -0.05) is 12.2 Å². The molecule has 0 aromatic heterocycles. The summed E-state index contributed by atoms with van der Waals surface area (Å²) in [4.78, 5) is 12.3. The molecule has 2 rings (SSSR count). The van der Waals surface area contributed by atoms with E-state index in [1.54, 1.807) is 19.1 Å². The molecule has 0 spiro atoms. The van der Waals surface area contributed by atoms with E-state index in [0.717, 1.165) is 6.07 Å². The number of phenols is 2. The Morgan fingerprint density at radius 2 is 1.79 bits per heavy atom. The van der Waals surface area contributed by atoms with Crippen LogP contribution in [0.15, 0.2) is 18.2 Å². The zero-order chi connectivity index (χ0) is 17.7. The number of aromatic hydroxyl groups is 2. The van der Waals surface area contributed by atoms with Gasteiger partial charge in [-0.25, -0.2) is 4.79 Å². The smallest absolute Gasteiger partial charge is 0.342 e. The van der Waals surface area contributed by atoms with Gasteiger partial charge >= 0.3 is 5.97 Å². The number of aliphatic hydroxyl groups is 2. The van der Waals surface area contributed by atoms with Crippen molar-refractivity contribution in [2.45, 2.75) is 57.3 Å². The molecule has 0 fully saturated rings. The molecule has 0 aliphatic carbocycles. The lowest BCUT2D eigenvalue weighted by Gasteiger charge is -2.19. The van der Waals surface area contributed by atoms with E-state index in [4.69, 9.17) is 4.74 Å². The van der Waals surface area contributed by atoms with Crippen molar-refractivity contribution in [3.05, 3.63) is 29.3 Å². The minimum absolute atomic E-state index is 0.00791. The first-order chi connectivity index (χ1) is 11.4. The van der Waals surface area contributed by atoms with Crippen molar-refractivity contribution in [3.63, 3.8) is 0 Å². The molecule has 6 nitrogen and oxygen atoms in total. The van der Waals surface area contributed by atoms with Crippen LogP contribution in [0.4, 0.5) is 0 Å². The number of phenolic OH excluding ortho intramolecular Hbond substituents is 2. The second-order valence-electron chi connectivity index (χ2n) is 6.19. The molecule has 0 amide bonds. The number of rotatable bonds is 0. The summed E-state index contributed by atoms with van der Waals surface area (Å²) in [6, 6.07) is 2.47. The van der Waals surface area contributed by atoms with Crippen molar-refractivity contribution < 1.29 is 30.0 Å². The molecule has 132 valence electrons. The number of carbonyl (C=O) groups is 1. The molecule has 1 aromatic carbocycles. The number of benzene rings is 1. The maximum Gasteiger partial charge on any atom is 0.342 e. The van der Waals surface area contributed by atoms with Gasteiger partial charge in [0.25, 0.3) is 0 Å². The molecule has 1 aliphatic rings. The average Bonchev–Trinajstić information content (AvgIpc) is 2.49. The van der Waals surface area contributed by atoms with Gasteiger partial charge in [0.2, 0.25) is 0 Å². The fourth-order valence-corrected chi connectivity index (χ4v) is 2.76. The zero-order valence-electron chi connectivity index (χ0n) is 13.7. The van der Waals surface area contributed by atoms with Crippen LogP contribution < -0.4 is 0 Å². The molecule has 0 bridgehead atoms. The van der Waals surface area contributed by atoms with Gasteiger partial charge in [0, 0.05) is 6.07 Å². The van der Waals surface area contributed by atoms with Gasteiger partial charge in [-0.05, 0) is 50.7 Å². The van der Waals surface area contributed by atoms with Gasteiger partial charge < -0.3 is 25.2 Å². The number of hydrogen-bond donors (Lipinski definition) is 4. The lowest BCUT2D eigenvalue weighted by molar-refractivity contribution is 0.00511. The molecule has 0 unspecified atom stereocenters. The molecule has 3 atom stereocenters. The normalized spacial score (nSPS) is 27.6. The lowest BCUT2D eigenvalue weighted by Crippen LogP contribution is -2.26. The second kappa shape index (κ2) is 8.17. The summed E-state index contributed by atoms with van der Waals surface area (Å²) in [6.45, 7) is 1.74. The minimum atomic E-state index is -0.813. The third kappa shape index (κ3) is 4.72. The highest BCUT2D eigenvalue weighted by Gasteiger charge is 2.22. The highest BCUT2D eigenvalue weighted by atomic mass is 16.5. The monoisotopic (exact) mass is 336 g/mol.